The molecule has 3 heteroatoms. The number of hydrogen-bond donors (Lipinski definition) is 1. The summed E-state index contributed by atoms with van der Waals surface area (Å²) in [4.78, 5) is 8.25. The van der Waals surface area contributed by atoms with Gasteiger partial charge in [0.2, 0.25) is 0 Å². The SMILES string of the molecule is CCc1nccc(C(C)(C)O)n1. The first-order valence-corrected chi connectivity index (χ1v) is 4.09. The van der Waals surface area contributed by atoms with Crippen LogP contribution in [0.4, 0.5) is 0 Å². The van der Waals surface area contributed by atoms with Crippen molar-refractivity contribution in [1.29, 1.82) is 0 Å². The number of nitrogens with zero attached hydrogens (tertiary/aromatic N) is 2. The van der Waals surface area contributed by atoms with Crippen molar-refractivity contribution >= 4 is 0 Å². The Morgan fingerprint density at radius 2 is 2.17 bits per heavy atom. The maximum atomic E-state index is 9.62. The molecule has 0 aromatic carbocycles. The molecule has 0 bridgehead atoms. The third-order valence-corrected chi connectivity index (χ3v) is 1.65. The van der Waals surface area contributed by atoms with E-state index in [2.05, 4.69) is 9.97 Å². The van der Waals surface area contributed by atoms with Crippen molar-refractivity contribution in [3.05, 3.63) is 23.8 Å². The molecule has 3 nitrogen and oxygen atoms in total. The minimum absolute atomic E-state index is 0.675. The summed E-state index contributed by atoms with van der Waals surface area (Å²) in [5, 5.41) is 9.62. The Morgan fingerprint density at radius 1 is 1.50 bits per heavy atom. The van der Waals surface area contributed by atoms with Gasteiger partial charge in [0.05, 0.1) is 5.69 Å². The Kier molecular flexibility index (Phi) is 2.43. The summed E-state index contributed by atoms with van der Waals surface area (Å²) < 4.78 is 0. The molecule has 0 radical (unpaired) electrons. The maximum Gasteiger partial charge on any atom is 0.128 e. The monoisotopic (exact) mass is 166 g/mol. The third-order valence-electron chi connectivity index (χ3n) is 1.65. The number of aryl methyl sites for hydroxylation is 1. The van der Waals surface area contributed by atoms with Gasteiger partial charge < -0.3 is 5.11 Å². The summed E-state index contributed by atoms with van der Waals surface area (Å²) in [6.07, 6.45) is 2.48. The zero-order chi connectivity index (χ0) is 9.19. The van der Waals surface area contributed by atoms with Crippen molar-refractivity contribution in [2.75, 3.05) is 0 Å². The van der Waals surface area contributed by atoms with Gasteiger partial charge in [-0.25, -0.2) is 9.97 Å². The largest absolute Gasteiger partial charge is 0.384 e. The molecule has 0 saturated heterocycles. The number of aliphatic hydroxyl groups is 1. The molecule has 66 valence electrons. The lowest BCUT2D eigenvalue weighted by atomic mass is 10.1. The molecule has 1 N–H and O–H groups in total. The average molecular weight is 166 g/mol. The quantitative estimate of drug-likeness (QED) is 0.719. The lowest BCUT2D eigenvalue weighted by Crippen LogP contribution is -2.18. The molecule has 0 atom stereocenters. The van der Waals surface area contributed by atoms with Crippen LogP contribution in [0, 0.1) is 0 Å². The van der Waals surface area contributed by atoms with E-state index in [-0.39, 0.29) is 0 Å². The van der Waals surface area contributed by atoms with Crippen LogP contribution in [-0.4, -0.2) is 15.1 Å². The van der Waals surface area contributed by atoms with Crippen molar-refractivity contribution < 1.29 is 5.11 Å². The fourth-order valence-electron chi connectivity index (χ4n) is 0.910. The van der Waals surface area contributed by atoms with Crippen LogP contribution in [0.3, 0.4) is 0 Å². The average Bonchev–Trinajstić information content (AvgIpc) is 2.03. The van der Waals surface area contributed by atoms with E-state index < -0.39 is 5.60 Å². The Labute approximate surface area is 72.5 Å². The Bertz CT molecular complexity index is 265. The normalized spacial score (nSPS) is 11.7. The zero-order valence-electron chi connectivity index (χ0n) is 7.70. The molecule has 0 aliphatic heterocycles. The van der Waals surface area contributed by atoms with Gasteiger partial charge in [0.15, 0.2) is 0 Å². The van der Waals surface area contributed by atoms with Gasteiger partial charge in [0.25, 0.3) is 0 Å². The van der Waals surface area contributed by atoms with E-state index >= 15 is 0 Å². The smallest absolute Gasteiger partial charge is 0.128 e. The van der Waals surface area contributed by atoms with Gasteiger partial charge in [0, 0.05) is 12.6 Å². The van der Waals surface area contributed by atoms with Crippen LogP contribution in [0.2, 0.25) is 0 Å². The molecule has 0 saturated carbocycles. The van der Waals surface area contributed by atoms with Crippen molar-refractivity contribution in [2.24, 2.45) is 0 Å². The zero-order valence-corrected chi connectivity index (χ0v) is 7.70. The van der Waals surface area contributed by atoms with Crippen molar-refractivity contribution in [3.63, 3.8) is 0 Å². The molecule has 0 spiro atoms. The number of aromatic nitrogens is 2. The molecule has 1 heterocycles. The van der Waals surface area contributed by atoms with E-state index in [1.807, 2.05) is 6.92 Å². The summed E-state index contributed by atoms with van der Waals surface area (Å²) in [5.74, 6) is 0.773. The molecule has 0 aliphatic rings. The first kappa shape index (κ1) is 9.13. The molecule has 0 amide bonds. The van der Waals surface area contributed by atoms with E-state index in [0.717, 1.165) is 12.2 Å². The first-order chi connectivity index (χ1) is 5.54. The predicted molar refractivity (Wildman–Crippen MR) is 46.7 cm³/mol. The van der Waals surface area contributed by atoms with Crippen molar-refractivity contribution in [1.82, 2.24) is 9.97 Å². The number of hydrogen-bond acceptors (Lipinski definition) is 3. The molecule has 1 rings (SSSR count). The molecular weight excluding hydrogens is 152 g/mol. The highest BCUT2D eigenvalue weighted by Gasteiger charge is 2.17. The van der Waals surface area contributed by atoms with E-state index in [1.54, 1.807) is 26.1 Å². The third kappa shape index (κ3) is 2.01. The van der Waals surface area contributed by atoms with Crippen LogP contribution in [0.25, 0.3) is 0 Å². The Morgan fingerprint density at radius 3 is 2.67 bits per heavy atom. The van der Waals surface area contributed by atoms with E-state index in [1.165, 1.54) is 0 Å². The molecule has 1 aromatic heterocycles. The van der Waals surface area contributed by atoms with Gasteiger partial charge in [-0.05, 0) is 19.9 Å². The van der Waals surface area contributed by atoms with Gasteiger partial charge in [-0.15, -0.1) is 0 Å². The summed E-state index contributed by atoms with van der Waals surface area (Å²) >= 11 is 0. The highest BCUT2D eigenvalue weighted by Crippen LogP contribution is 2.15. The highest BCUT2D eigenvalue weighted by atomic mass is 16.3. The fraction of sp³-hybridized carbons (Fsp3) is 0.556. The minimum atomic E-state index is -0.868. The molecular formula is C9H14N2O. The summed E-state index contributed by atoms with van der Waals surface area (Å²) in [6.45, 7) is 5.42. The van der Waals surface area contributed by atoms with Gasteiger partial charge >= 0.3 is 0 Å². The molecule has 0 fully saturated rings. The van der Waals surface area contributed by atoms with Crippen LogP contribution in [-0.2, 0) is 12.0 Å². The molecule has 12 heavy (non-hydrogen) atoms. The van der Waals surface area contributed by atoms with Gasteiger partial charge in [-0.1, -0.05) is 6.92 Å². The first-order valence-electron chi connectivity index (χ1n) is 4.09. The van der Waals surface area contributed by atoms with Gasteiger partial charge in [0.1, 0.15) is 11.4 Å². The lowest BCUT2D eigenvalue weighted by molar-refractivity contribution is 0.0734. The molecule has 0 unspecified atom stereocenters. The lowest BCUT2D eigenvalue weighted by Gasteiger charge is -2.16. The van der Waals surface area contributed by atoms with E-state index in [0.29, 0.717) is 5.69 Å². The maximum absolute atomic E-state index is 9.62. The molecule has 0 aliphatic carbocycles. The van der Waals surface area contributed by atoms with Crippen LogP contribution < -0.4 is 0 Å². The predicted octanol–water partition coefficient (Wildman–Crippen LogP) is 1.27. The van der Waals surface area contributed by atoms with Gasteiger partial charge in [-0.2, -0.15) is 0 Å². The number of rotatable bonds is 2. The summed E-state index contributed by atoms with van der Waals surface area (Å²) in [5.41, 5.74) is -0.193. The minimum Gasteiger partial charge on any atom is -0.384 e. The topological polar surface area (TPSA) is 46.0 Å². The second kappa shape index (κ2) is 3.19. The Balaban J connectivity index is 3.02. The van der Waals surface area contributed by atoms with Crippen LogP contribution >= 0.6 is 0 Å². The summed E-state index contributed by atoms with van der Waals surface area (Å²) in [7, 11) is 0. The van der Waals surface area contributed by atoms with Crippen molar-refractivity contribution in [2.45, 2.75) is 32.8 Å². The highest BCUT2D eigenvalue weighted by molar-refractivity contribution is 5.09. The van der Waals surface area contributed by atoms with Crippen molar-refractivity contribution in [3.8, 4) is 0 Å². The molecule has 1 aromatic rings. The second-order valence-electron chi connectivity index (χ2n) is 3.27. The Hall–Kier alpha value is -0.960. The summed E-state index contributed by atoms with van der Waals surface area (Å²) in [6, 6.07) is 1.74. The van der Waals surface area contributed by atoms with Crippen LogP contribution in [0.1, 0.15) is 32.3 Å². The van der Waals surface area contributed by atoms with E-state index in [9.17, 15) is 5.11 Å². The van der Waals surface area contributed by atoms with Gasteiger partial charge in [-0.3, -0.25) is 0 Å². The standard InChI is InChI=1S/C9H14N2O/c1-4-8-10-6-5-7(11-8)9(2,3)12/h5-6,12H,4H2,1-3H3. The fourth-order valence-corrected chi connectivity index (χ4v) is 0.910. The van der Waals surface area contributed by atoms with E-state index in [4.69, 9.17) is 0 Å². The second-order valence-corrected chi connectivity index (χ2v) is 3.27. The van der Waals surface area contributed by atoms with Crippen LogP contribution in [0.15, 0.2) is 12.3 Å². The van der Waals surface area contributed by atoms with Crippen LogP contribution in [0.5, 0.6) is 0 Å².